The SMILES string of the molecule is C.CC(=O)O.COc1c(C)cc2c(c1O)[C@@H]1[C@@H]3[C@@H]4SCC(=O)C(=O)OC[C@@H](c5c6c(c(C)c(OC(C)=O)c54)OCO6)N3[C@@H](C#N)[C@H](C2)N1C.COc1c(C)cc2c(c1O)[C@@H]1[C@@H]3[C@@H]4SC[C@]5(N[C@@H](CO)Cc6c5[nH]c5ccc(C)cc65)C(=O)OC[C@@H](c5c6c(c(C)c(OC(C)=O)c54)OCO6)N3[C@@H](C#N)[C@H](C2)N1C.Cc1ccc2[nH]cc(C[C@@H](N)CO)c2c1. The van der Waals surface area contributed by atoms with Gasteiger partial charge in [-0.25, -0.2) is 9.59 Å². The Kier molecular flexibility index (Phi) is 23.6. The van der Waals surface area contributed by atoms with Gasteiger partial charge in [-0.2, -0.15) is 10.5 Å². The molecule has 14 heterocycles. The van der Waals surface area contributed by atoms with E-state index in [0.29, 0.717) is 122 Å². The van der Waals surface area contributed by atoms with Gasteiger partial charge in [-0.15, -0.1) is 23.5 Å². The zero-order chi connectivity index (χ0) is 86.1. The zero-order valence-corrected chi connectivity index (χ0v) is 70.7. The van der Waals surface area contributed by atoms with Gasteiger partial charge >= 0.3 is 23.9 Å². The number of hydrogen-bond acceptors (Lipinski definition) is 30. The predicted molar refractivity (Wildman–Crippen MR) is 449 cm³/mol. The maximum absolute atomic E-state index is 15.1. The van der Waals surface area contributed by atoms with Crippen molar-refractivity contribution in [2.24, 2.45) is 5.73 Å². The summed E-state index contributed by atoms with van der Waals surface area (Å²) in [6.07, 6.45) is 4.15. The number of thioether (sulfide) groups is 2. The Bertz CT molecular complexity index is 5720. The highest BCUT2D eigenvalue weighted by molar-refractivity contribution is 8.00. The Morgan fingerprint density at radius 2 is 1.13 bits per heavy atom. The maximum Gasteiger partial charge on any atom is 0.375 e. The Balaban J connectivity index is 0.000000158. The number of likely N-dealkylation sites (N-methyl/N-ethyl adjacent to an activating group) is 2. The molecule has 4 saturated heterocycles. The molecule has 12 aliphatic heterocycles. The number of nitrogens with one attached hydrogen (secondary N) is 3. The summed E-state index contributed by atoms with van der Waals surface area (Å²) in [7, 11) is 6.99. The normalized spacial score (nSPS) is 26.2. The molecule has 4 fully saturated rings. The summed E-state index contributed by atoms with van der Waals surface area (Å²) in [6.45, 7) is 14.5. The number of rotatable bonds is 8. The average molecular weight is 1710 g/mol. The van der Waals surface area contributed by atoms with Crippen molar-refractivity contribution in [3.8, 4) is 69.6 Å². The van der Waals surface area contributed by atoms with Gasteiger partial charge in [-0.3, -0.25) is 44.1 Å². The van der Waals surface area contributed by atoms with E-state index in [1.165, 1.54) is 61.0 Å². The lowest BCUT2D eigenvalue weighted by Crippen LogP contribution is -2.69. The fourth-order valence-corrected chi connectivity index (χ4v) is 23.7. The number of phenolic OH excluding ortho intramolecular Hbond substituents is 2. The molecule has 31 nitrogen and oxygen atoms in total. The minimum absolute atomic E-state index is 0. The van der Waals surface area contributed by atoms with Gasteiger partial charge in [0.1, 0.15) is 36.8 Å². The number of piperazine rings is 2. The number of nitriles is 2. The summed E-state index contributed by atoms with van der Waals surface area (Å²) in [5.41, 5.74) is 19.9. The van der Waals surface area contributed by atoms with Gasteiger partial charge in [0, 0.05) is 135 Å². The number of methoxy groups -OCH3 is 2. The van der Waals surface area contributed by atoms with Crippen LogP contribution in [0.25, 0.3) is 21.8 Å². The molecule has 12 aliphatic rings. The van der Waals surface area contributed by atoms with Crippen LogP contribution in [0.15, 0.2) is 54.7 Å². The van der Waals surface area contributed by atoms with Crippen LogP contribution in [-0.2, 0) is 69.5 Å². The number of aliphatic hydroxyl groups is 2. The first kappa shape index (κ1) is 86.1. The Hall–Kier alpha value is -10.8. The average Bonchev–Trinajstić information content (AvgIpc) is 0.994. The van der Waals surface area contributed by atoms with Crippen LogP contribution in [0.5, 0.6) is 57.5 Å². The summed E-state index contributed by atoms with van der Waals surface area (Å²) in [5, 5.41) is 77.4. The minimum atomic E-state index is -1.43. The number of aromatic hydroxyl groups is 2. The van der Waals surface area contributed by atoms with Crippen LogP contribution in [-0.4, -0.2) is 219 Å². The van der Waals surface area contributed by atoms with Crippen molar-refractivity contribution < 1.29 is 102 Å². The van der Waals surface area contributed by atoms with Gasteiger partial charge in [-0.1, -0.05) is 42.8 Å². The summed E-state index contributed by atoms with van der Waals surface area (Å²) in [6, 6.07) is 15.5. The number of nitrogens with zero attached hydrogens (tertiary/aromatic N) is 6. The highest BCUT2D eigenvalue weighted by Crippen LogP contribution is 2.67. The molecule has 0 saturated carbocycles. The number of fused-ring (bicyclic) bond motifs is 21. The predicted octanol–water partition coefficient (Wildman–Crippen LogP) is 9.29. The molecule has 2 aromatic heterocycles. The number of carbonyl (C=O) groups is 6. The number of aryl methyl sites for hydroxylation is 4. The van der Waals surface area contributed by atoms with Crippen LogP contribution in [0.3, 0.4) is 0 Å². The number of aromatic nitrogens is 2. The number of cyclic esters (lactones) is 1. The molecule has 0 aliphatic carbocycles. The number of phenols is 2. The molecule has 644 valence electrons. The number of aliphatic hydroxyl groups excluding tert-OH is 2. The third-order valence-corrected chi connectivity index (χ3v) is 28.3. The molecule has 0 radical (unpaired) electrons. The number of hydrogen-bond donors (Lipinski definition) is 9. The molecule has 15 atom stereocenters. The van der Waals surface area contributed by atoms with Crippen molar-refractivity contribution in [2.75, 3.05) is 79.8 Å². The number of carbonyl (C=O) groups excluding carboxylic acids is 5. The molecule has 33 heteroatoms. The van der Waals surface area contributed by atoms with E-state index in [0.717, 1.165) is 56.7 Å². The lowest BCUT2D eigenvalue weighted by atomic mass is 9.71. The van der Waals surface area contributed by atoms with Crippen LogP contribution >= 0.6 is 23.5 Å². The van der Waals surface area contributed by atoms with Crippen LogP contribution in [0, 0.1) is 64.2 Å². The van der Waals surface area contributed by atoms with Gasteiger partial charge in [0.25, 0.3) is 5.97 Å². The number of aromatic amines is 2. The van der Waals surface area contributed by atoms with E-state index >= 15 is 4.79 Å². The van der Waals surface area contributed by atoms with Crippen molar-refractivity contribution in [1.29, 1.82) is 10.5 Å². The molecular formula is C89H100N10O21S2. The van der Waals surface area contributed by atoms with E-state index < -0.39 is 106 Å². The number of nitrogens with two attached hydrogens (primary N) is 1. The minimum Gasteiger partial charge on any atom is -0.504 e. The second-order valence-corrected chi connectivity index (χ2v) is 35.0. The molecule has 6 aromatic carbocycles. The second-order valence-electron chi connectivity index (χ2n) is 32.8. The fraction of sp³-hybridized carbons (Fsp3) is 0.461. The van der Waals surface area contributed by atoms with Crippen LogP contribution in [0.1, 0.15) is 158 Å². The number of benzene rings is 6. The highest BCUT2D eigenvalue weighted by atomic mass is 32.2. The van der Waals surface area contributed by atoms with E-state index in [1.807, 2.05) is 72.3 Å². The summed E-state index contributed by atoms with van der Waals surface area (Å²) in [4.78, 5) is 90.6. The van der Waals surface area contributed by atoms with Crippen molar-refractivity contribution in [3.63, 3.8) is 0 Å². The largest absolute Gasteiger partial charge is 0.504 e. The number of aliphatic carboxylic acids is 1. The quantitative estimate of drug-likeness (QED) is 0.0388. The first-order valence-corrected chi connectivity index (χ1v) is 42.1. The third kappa shape index (κ3) is 14.0. The Labute approximate surface area is 712 Å². The van der Waals surface area contributed by atoms with Gasteiger partial charge in [0.05, 0.1) is 85.7 Å². The fourth-order valence-electron chi connectivity index (χ4n) is 20.7. The standard InChI is InChI=1S/C43H45N5O9S.C31H31N3O9S.C12H16N2O.C2H4O2.CH4/c1-18-7-8-26-24(9-18)25-12-23(14-49)46-43(41(25)45-26)16-58-40-32-31(39-38(55-17-56-39)20(3)37(32)57-21(4)50)29(15-54-42(43)52)48-28(13-44)27-11-22-10-19(2)36(53-6)35(51)30(22)33(34(40)48)47(27)5;1-12-6-15-7-16-17(8-32)34-18-9-40-31(38)19(36)10-44-30(24(34)23(33(16)4)20(15)25(37)26(12)39-5)22-21(18)29-28(41-11-42-29)13(2)27(22)43-14(3)35;1-8-2-3-12-11(4-8)9(6-14-12)5-10(13)7-15;1-2(3)4;/h7-10,23,27-29,33-34,40,45-46,49,51H,11-12,14-17H2,1-6H3;6,16-18,23-24,30,37H,7,9-11H2,1-5H3;2-4,6,10,14-15H,5,7,13H2,1H3;1H3,(H,3,4);1H4/t23-,27+,28+,29+,33-,34-,40-,43-;16-,17-,18-,23+,24+,30+;10-;;/m101../s1. The third-order valence-electron chi connectivity index (χ3n) is 25.5. The van der Waals surface area contributed by atoms with Gasteiger partial charge < -0.3 is 88.6 Å². The monoisotopic (exact) mass is 1710 g/mol. The zero-order valence-electron chi connectivity index (χ0n) is 69.1. The maximum atomic E-state index is 15.1. The topological polar surface area (TPSA) is 426 Å². The summed E-state index contributed by atoms with van der Waals surface area (Å²) >= 11 is 2.71. The summed E-state index contributed by atoms with van der Waals surface area (Å²) < 4.78 is 59.8. The van der Waals surface area contributed by atoms with E-state index in [2.05, 4.69) is 78.2 Å². The van der Waals surface area contributed by atoms with Crippen molar-refractivity contribution in [3.05, 3.63) is 149 Å². The van der Waals surface area contributed by atoms with Gasteiger partial charge in [-0.05, 0) is 139 Å². The van der Waals surface area contributed by atoms with Gasteiger partial charge in [0.2, 0.25) is 19.4 Å². The van der Waals surface area contributed by atoms with E-state index in [4.69, 9.17) is 68.1 Å². The van der Waals surface area contributed by atoms with Crippen molar-refractivity contribution in [1.82, 2.24) is 34.9 Å². The number of ether oxygens (including phenoxy) is 10. The van der Waals surface area contributed by atoms with E-state index in [-0.39, 0.29) is 88.6 Å². The number of Topliss-reactive ketones (excluding diaryl/α,β-unsaturated/α-hetero) is 1. The Morgan fingerprint density at radius 1 is 0.648 bits per heavy atom. The first-order valence-electron chi connectivity index (χ1n) is 40.0. The number of H-pyrrole nitrogens is 2. The van der Waals surface area contributed by atoms with E-state index in [1.54, 1.807) is 14.0 Å². The number of esters is 4. The van der Waals surface area contributed by atoms with Crippen LogP contribution in [0.2, 0.25) is 0 Å². The van der Waals surface area contributed by atoms with E-state index in [9.17, 15) is 45.0 Å². The number of carboxylic acid groups (broad SMARTS) is 1. The Morgan fingerprint density at radius 3 is 1.61 bits per heavy atom. The number of ketones is 1. The van der Waals surface area contributed by atoms with Crippen molar-refractivity contribution >= 4 is 81.0 Å². The first-order chi connectivity index (χ1) is 57.9. The summed E-state index contributed by atoms with van der Waals surface area (Å²) in [5.74, 6) is -0.928. The molecule has 8 bridgehead atoms. The molecule has 0 amide bonds. The molecule has 0 unspecified atom stereocenters. The highest BCUT2D eigenvalue weighted by Gasteiger charge is 2.65. The molecule has 20 rings (SSSR count). The van der Waals surface area contributed by atoms with Crippen molar-refractivity contribution in [2.45, 2.75) is 184 Å². The van der Waals surface area contributed by atoms with Gasteiger partial charge in [0.15, 0.2) is 51.5 Å². The molecule has 10 N–H and O–H groups in total. The van der Waals surface area contributed by atoms with Crippen LogP contribution < -0.4 is 48.9 Å². The molecule has 1 spiro atoms. The lowest BCUT2D eigenvalue weighted by molar-refractivity contribution is -0.158. The molecule has 122 heavy (non-hydrogen) atoms. The number of carboxylic acids is 1. The smallest absolute Gasteiger partial charge is 0.375 e. The van der Waals surface area contributed by atoms with Crippen LogP contribution in [0.4, 0.5) is 0 Å². The molecular weight excluding hydrogens is 1610 g/mol. The molecule has 8 aromatic rings. The lowest BCUT2D eigenvalue weighted by Gasteiger charge is -2.62. The second kappa shape index (κ2) is 33.4.